The molecule has 0 aromatic rings. The molecule has 272 valence electrons. The Morgan fingerprint density at radius 3 is 0.689 bits per heavy atom. The molecule has 0 fully saturated rings. The van der Waals surface area contributed by atoms with Crippen molar-refractivity contribution in [1.82, 2.24) is 0 Å². The van der Waals surface area contributed by atoms with Gasteiger partial charge >= 0.3 is 71.6 Å². The van der Waals surface area contributed by atoms with Crippen LogP contribution in [-0.2, 0) is 0 Å². The fraction of sp³-hybridized carbons (Fsp3) is 1.00. The Balaban J connectivity index is 6.15. The van der Waals surface area contributed by atoms with Crippen molar-refractivity contribution in [3.8, 4) is 0 Å². The molecule has 0 aliphatic rings. The third-order valence-corrected chi connectivity index (χ3v) is 6.50. The smallest absolute Gasteiger partial charge is 0.200 e. The minimum absolute atomic E-state index is 1.39. The number of hydrogen-bond acceptors (Lipinski definition) is 1. The normalized spacial score (nSPS) is 16.5. The fourth-order valence-corrected chi connectivity index (χ4v) is 3.38. The second-order valence-corrected chi connectivity index (χ2v) is 9.49. The van der Waals surface area contributed by atoms with E-state index in [-0.39, 0.29) is 0 Å². The van der Waals surface area contributed by atoms with Crippen molar-refractivity contribution < 1.29 is 114 Å². The van der Waals surface area contributed by atoms with Crippen molar-refractivity contribution in [3.05, 3.63) is 0 Å². The van der Waals surface area contributed by atoms with E-state index in [9.17, 15) is 114 Å². The van der Waals surface area contributed by atoms with E-state index in [4.69, 9.17) is 0 Å². The first-order chi connectivity index (χ1) is 19.1. The zero-order valence-corrected chi connectivity index (χ0v) is 21.3. The van der Waals surface area contributed by atoms with Gasteiger partial charge in [0.25, 0.3) is 0 Å². The largest absolute Gasteiger partial charge is 0.460 e. The van der Waals surface area contributed by atoms with Crippen LogP contribution < -0.4 is 0 Å². The molecule has 0 unspecified atom stereocenters. The Morgan fingerprint density at radius 2 is 0.511 bits per heavy atom. The van der Waals surface area contributed by atoms with Gasteiger partial charge in [-0.2, -0.15) is 127 Å². The predicted molar refractivity (Wildman–Crippen MR) is 97.4 cm³/mol. The molecule has 0 saturated carbocycles. The molecule has 0 atom stereocenters. The summed E-state index contributed by atoms with van der Waals surface area (Å²) in [7, 11) is 0. The Hall–Kier alpha value is -1.47. The van der Waals surface area contributed by atoms with Gasteiger partial charge in [-0.1, -0.05) is 0 Å². The summed E-state index contributed by atoms with van der Waals surface area (Å²) in [6.07, 6.45) is -26.0. The molecule has 0 aromatic heterocycles. The lowest BCUT2D eigenvalue weighted by Crippen LogP contribution is -2.70. The highest BCUT2D eigenvalue weighted by atomic mass is 32.1. The molecule has 45 heavy (non-hydrogen) atoms. The van der Waals surface area contributed by atoms with E-state index in [0.717, 1.165) is 0 Å². The summed E-state index contributed by atoms with van der Waals surface area (Å²) >= 11 is 3.12. The summed E-state index contributed by atoms with van der Waals surface area (Å²) in [5, 5.41) is 0. The van der Waals surface area contributed by atoms with Gasteiger partial charge in [0.05, 0.1) is 0 Å². The van der Waals surface area contributed by atoms with E-state index in [0.29, 0.717) is 0 Å². The van der Waals surface area contributed by atoms with Gasteiger partial charge in [0.1, 0.15) is 0 Å². The van der Waals surface area contributed by atoms with Gasteiger partial charge in [0.15, 0.2) is 0 Å². The highest BCUT2D eigenvalue weighted by molar-refractivity contribution is 7.80. The fourth-order valence-electron chi connectivity index (χ4n) is 3.02. The zero-order valence-electron chi connectivity index (χ0n) is 20.4. The van der Waals surface area contributed by atoms with Crippen molar-refractivity contribution in [2.24, 2.45) is 5.92 Å². The maximum Gasteiger partial charge on any atom is 0.460 e. The van der Waals surface area contributed by atoms with E-state index in [1.807, 2.05) is 0 Å². The van der Waals surface area contributed by atoms with Crippen LogP contribution in [-0.4, -0.2) is 77.3 Å². The van der Waals surface area contributed by atoms with Crippen LogP contribution in [0.1, 0.15) is 25.7 Å². The van der Waals surface area contributed by atoms with Crippen molar-refractivity contribution in [3.63, 3.8) is 0 Å². The molecule has 0 rings (SSSR count). The second kappa shape index (κ2) is 11.9. The SMILES string of the molecule is FC(F)(F)C(F)(F)C(F)(F)C(F)(F)C(F)(F)C(F)(F)CCC(CS)CCC(F)(F)C(F)(F)C(F)(F)C(F)(F)C(F)(F)C(F)(F)F. The van der Waals surface area contributed by atoms with Gasteiger partial charge in [-0.3, -0.25) is 0 Å². The van der Waals surface area contributed by atoms with E-state index >= 15 is 0 Å². The van der Waals surface area contributed by atoms with E-state index in [2.05, 4.69) is 12.6 Å². The predicted octanol–water partition coefficient (Wildman–Crippen LogP) is 10.6. The second-order valence-electron chi connectivity index (χ2n) is 9.13. The lowest BCUT2D eigenvalue weighted by Gasteiger charge is -2.40. The molecule has 0 heterocycles. The van der Waals surface area contributed by atoms with Crippen molar-refractivity contribution in [1.29, 1.82) is 0 Å². The third-order valence-electron chi connectivity index (χ3n) is 5.99. The monoisotopic (exact) mass is 754 g/mol. The first kappa shape index (κ1) is 43.5. The van der Waals surface area contributed by atoms with Gasteiger partial charge in [-0.05, 0) is 24.5 Å². The Kier molecular flexibility index (Phi) is 11.5. The van der Waals surface area contributed by atoms with Crippen molar-refractivity contribution >= 4 is 12.6 Å². The highest BCUT2D eigenvalue weighted by Gasteiger charge is 2.92. The molecular weight excluding hydrogens is 742 g/mol. The van der Waals surface area contributed by atoms with Gasteiger partial charge in [0.2, 0.25) is 0 Å². The molecule has 0 saturated heterocycles. The standard InChI is InChI=1S/C18H12F26S/c19-7(20,9(23,24)11(27,28)13(31,32)15(35,36)17(39,40)41)3-1-6(5-45)2-4-8(21,22)10(25,26)12(29,30)14(33,34)16(37,38)18(42,43)44/h6,45H,1-5H2. The lowest BCUT2D eigenvalue weighted by atomic mass is 9.87. The maximum absolute atomic E-state index is 13.8. The van der Waals surface area contributed by atoms with Crippen LogP contribution in [0.15, 0.2) is 0 Å². The lowest BCUT2D eigenvalue weighted by molar-refractivity contribution is -0.440. The van der Waals surface area contributed by atoms with Crippen LogP contribution >= 0.6 is 12.6 Å². The number of thiol groups is 1. The van der Waals surface area contributed by atoms with E-state index in [1.54, 1.807) is 0 Å². The Bertz CT molecular complexity index is 924. The van der Waals surface area contributed by atoms with Gasteiger partial charge < -0.3 is 0 Å². The Morgan fingerprint density at radius 1 is 0.311 bits per heavy atom. The minimum Gasteiger partial charge on any atom is -0.200 e. The van der Waals surface area contributed by atoms with E-state index in [1.165, 1.54) is 0 Å². The van der Waals surface area contributed by atoms with Crippen LogP contribution in [0.4, 0.5) is 114 Å². The van der Waals surface area contributed by atoms with Crippen LogP contribution in [0.25, 0.3) is 0 Å². The molecule has 0 aliphatic heterocycles. The number of hydrogen-bond donors (Lipinski definition) is 1. The maximum atomic E-state index is 13.8. The third kappa shape index (κ3) is 6.65. The zero-order chi connectivity index (χ0) is 37.1. The van der Waals surface area contributed by atoms with Crippen molar-refractivity contribution in [2.45, 2.75) is 97.3 Å². The molecule has 0 radical (unpaired) electrons. The number of rotatable bonds is 15. The number of halogens is 26. The summed E-state index contributed by atoms with van der Waals surface area (Å²) in [6, 6.07) is 0. The van der Waals surface area contributed by atoms with Crippen LogP contribution in [0, 0.1) is 5.92 Å². The Labute approximate surface area is 236 Å². The molecular formula is C18H12F26S. The molecule has 0 spiro atoms. The van der Waals surface area contributed by atoms with Crippen LogP contribution in [0.3, 0.4) is 0 Å². The number of alkyl halides is 26. The average Bonchev–Trinajstić information content (AvgIpc) is 2.81. The molecule has 27 heteroatoms. The van der Waals surface area contributed by atoms with Gasteiger partial charge in [0, 0.05) is 12.8 Å². The average molecular weight is 754 g/mol. The summed E-state index contributed by atoms with van der Waals surface area (Å²) in [5.41, 5.74) is 0. The first-order valence-electron chi connectivity index (χ1n) is 10.7. The van der Waals surface area contributed by atoms with Crippen LogP contribution in [0.2, 0.25) is 0 Å². The van der Waals surface area contributed by atoms with E-state index < -0.39 is 109 Å². The summed E-state index contributed by atoms with van der Waals surface area (Å²) in [5.74, 6) is -82.6. The molecule has 0 aromatic carbocycles. The van der Waals surface area contributed by atoms with Gasteiger partial charge in [-0.15, -0.1) is 0 Å². The van der Waals surface area contributed by atoms with Crippen LogP contribution in [0.5, 0.6) is 0 Å². The molecule has 0 bridgehead atoms. The molecule has 0 aliphatic carbocycles. The summed E-state index contributed by atoms with van der Waals surface area (Å²) in [4.78, 5) is 0. The highest BCUT2D eigenvalue weighted by Crippen LogP contribution is 2.62. The molecule has 0 N–H and O–H groups in total. The molecule has 0 amide bonds. The first-order valence-corrected chi connectivity index (χ1v) is 11.3. The summed E-state index contributed by atoms with van der Waals surface area (Å²) < 4.78 is 341. The van der Waals surface area contributed by atoms with Gasteiger partial charge in [-0.25, -0.2) is 0 Å². The minimum atomic E-state index is -8.32. The molecule has 0 nitrogen and oxygen atoms in total. The van der Waals surface area contributed by atoms with Crippen molar-refractivity contribution in [2.75, 3.05) is 5.75 Å². The topological polar surface area (TPSA) is 0 Å². The summed E-state index contributed by atoms with van der Waals surface area (Å²) in [6.45, 7) is 0. The quantitative estimate of drug-likeness (QED) is 0.125.